The van der Waals surface area contributed by atoms with E-state index in [9.17, 15) is 13.2 Å². The summed E-state index contributed by atoms with van der Waals surface area (Å²) in [6.07, 6.45) is -3.00. The molecule has 1 aromatic heterocycles. The second-order valence-corrected chi connectivity index (χ2v) is 6.23. The van der Waals surface area contributed by atoms with Crippen LogP contribution in [0.4, 0.5) is 13.2 Å². The number of hydrogen-bond donors (Lipinski definition) is 2. The van der Waals surface area contributed by atoms with Crippen molar-refractivity contribution in [3.63, 3.8) is 0 Å². The van der Waals surface area contributed by atoms with E-state index in [4.69, 9.17) is 4.74 Å². The number of guanidine groups is 1. The van der Waals surface area contributed by atoms with E-state index in [0.29, 0.717) is 31.2 Å². The fourth-order valence-corrected chi connectivity index (χ4v) is 2.48. The van der Waals surface area contributed by atoms with Gasteiger partial charge in [-0.2, -0.15) is 13.2 Å². The van der Waals surface area contributed by atoms with Crippen molar-refractivity contribution in [2.75, 3.05) is 20.3 Å². The van der Waals surface area contributed by atoms with Crippen LogP contribution in [0.25, 0.3) is 0 Å². The molecular weight excluding hydrogens is 385 g/mol. The Labute approximate surface area is 168 Å². The lowest BCUT2D eigenvalue weighted by atomic mass is 10.1. The summed E-state index contributed by atoms with van der Waals surface area (Å²) in [4.78, 5) is 7.95. The van der Waals surface area contributed by atoms with Gasteiger partial charge >= 0.3 is 6.18 Å². The van der Waals surface area contributed by atoms with E-state index < -0.39 is 12.8 Å². The number of aryl methyl sites for hydroxylation is 1. The van der Waals surface area contributed by atoms with Crippen LogP contribution in [0, 0.1) is 6.92 Å². The molecule has 2 rings (SSSR count). The summed E-state index contributed by atoms with van der Waals surface area (Å²) in [7, 11) is 1.64. The minimum atomic E-state index is -4.40. The highest BCUT2D eigenvalue weighted by Crippen LogP contribution is 2.20. The van der Waals surface area contributed by atoms with Crippen LogP contribution < -0.4 is 20.1 Å². The van der Waals surface area contributed by atoms with Gasteiger partial charge in [0.05, 0.1) is 6.61 Å². The Morgan fingerprint density at radius 1 is 1.10 bits per heavy atom. The van der Waals surface area contributed by atoms with Gasteiger partial charge in [-0.25, -0.2) is 4.98 Å². The number of rotatable bonds is 8. The Morgan fingerprint density at radius 3 is 2.55 bits per heavy atom. The number of nitrogens with one attached hydrogen (secondary N) is 2. The van der Waals surface area contributed by atoms with Gasteiger partial charge in [-0.3, -0.25) is 4.99 Å². The van der Waals surface area contributed by atoms with E-state index in [1.54, 1.807) is 13.1 Å². The van der Waals surface area contributed by atoms with E-state index >= 15 is 0 Å². The zero-order valence-electron chi connectivity index (χ0n) is 16.6. The molecule has 0 fully saturated rings. The van der Waals surface area contributed by atoms with Gasteiger partial charge in [0.15, 0.2) is 12.6 Å². The van der Waals surface area contributed by atoms with E-state index in [1.807, 2.05) is 32.0 Å². The summed E-state index contributed by atoms with van der Waals surface area (Å²) in [5.74, 6) is 1.28. The minimum absolute atomic E-state index is 0.0782. The Balaban J connectivity index is 1.91. The number of hydrogen-bond acceptors (Lipinski definition) is 4. The topological polar surface area (TPSA) is 67.8 Å². The summed E-state index contributed by atoms with van der Waals surface area (Å²) in [6, 6.07) is 9.13. The Morgan fingerprint density at radius 2 is 1.86 bits per heavy atom. The third-order valence-corrected chi connectivity index (χ3v) is 3.84. The van der Waals surface area contributed by atoms with Crippen LogP contribution in [-0.2, 0) is 13.1 Å². The second-order valence-electron chi connectivity index (χ2n) is 6.23. The molecule has 1 aromatic carbocycles. The Bertz CT molecular complexity index is 826. The molecule has 0 amide bonds. The lowest BCUT2D eigenvalue weighted by molar-refractivity contribution is -0.154. The average Bonchev–Trinajstić information content (AvgIpc) is 2.68. The fraction of sp³-hybridized carbons (Fsp3) is 0.400. The molecule has 9 heteroatoms. The smallest absolute Gasteiger partial charge is 0.422 e. The molecule has 6 nitrogen and oxygen atoms in total. The van der Waals surface area contributed by atoms with E-state index in [-0.39, 0.29) is 5.88 Å². The minimum Gasteiger partial charge on any atom is -0.494 e. The number of aliphatic imine (C=N–C) groups is 1. The largest absolute Gasteiger partial charge is 0.494 e. The summed E-state index contributed by atoms with van der Waals surface area (Å²) < 4.78 is 47.1. The van der Waals surface area contributed by atoms with Crippen LogP contribution in [-0.4, -0.2) is 37.4 Å². The normalized spacial score (nSPS) is 11.9. The molecule has 2 N–H and O–H groups in total. The molecule has 2 aromatic rings. The van der Waals surface area contributed by atoms with Crippen molar-refractivity contribution in [3.8, 4) is 11.6 Å². The summed E-state index contributed by atoms with van der Waals surface area (Å²) in [5.41, 5.74) is 2.82. The van der Waals surface area contributed by atoms with E-state index in [0.717, 1.165) is 16.9 Å². The first-order valence-electron chi connectivity index (χ1n) is 9.12. The lowest BCUT2D eigenvalue weighted by Crippen LogP contribution is -2.36. The number of nitrogens with zero attached hydrogens (tertiary/aromatic N) is 2. The highest BCUT2D eigenvalue weighted by molar-refractivity contribution is 5.79. The monoisotopic (exact) mass is 410 g/mol. The first-order chi connectivity index (χ1) is 13.8. The molecule has 0 saturated heterocycles. The molecule has 0 bridgehead atoms. The van der Waals surface area contributed by atoms with Gasteiger partial charge in [-0.05, 0) is 37.1 Å². The zero-order valence-corrected chi connectivity index (χ0v) is 16.6. The maximum absolute atomic E-state index is 12.3. The third kappa shape index (κ3) is 7.89. The predicted molar refractivity (Wildman–Crippen MR) is 105 cm³/mol. The predicted octanol–water partition coefficient (Wildman–Crippen LogP) is 3.60. The van der Waals surface area contributed by atoms with Crippen molar-refractivity contribution >= 4 is 5.96 Å². The van der Waals surface area contributed by atoms with Gasteiger partial charge in [-0.15, -0.1) is 0 Å². The molecule has 0 unspecified atom stereocenters. The highest BCUT2D eigenvalue weighted by atomic mass is 19.4. The Kier molecular flexibility index (Phi) is 8.11. The quantitative estimate of drug-likeness (QED) is 0.514. The number of ether oxygens (including phenoxy) is 2. The van der Waals surface area contributed by atoms with Crippen LogP contribution in [0.1, 0.15) is 23.6 Å². The first-order valence-corrected chi connectivity index (χ1v) is 9.12. The van der Waals surface area contributed by atoms with Crippen LogP contribution >= 0.6 is 0 Å². The fourth-order valence-electron chi connectivity index (χ4n) is 2.48. The number of alkyl halides is 3. The van der Waals surface area contributed by atoms with Gasteiger partial charge in [0.2, 0.25) is 5.88 Å². The number of benzene rings is 1. The van der Waals surface area contributed by atoms with Gasteiger partial charge in [0.1, 0.15) is 5.75 Å². The van der Waals surface area contributed by atoms with Gasteiger partial charge in [-0.1, -0.05) is 12.1 Å². The summed E-state index contributed by atoms with van der Waals surface area (Å²) in [5, 5.41) is 6.31. The SMILES string of the molecule is CCOc1cc(C)ccc1CNC(=NC)NCc1ccnc(OCC(F)(F)F)c1. The lowest BCUT2D eigenvalue weighted by Gasteiger charge is -2.15. The molecule has 0 atom stereocenters. The van der Waals surface area contributed by atoms with Crippen LogP contribution in [0.3, 0.4) is 0 Å². The van der Waals surface area contributed by atoms with Gasteiger partial charge < -0.3 is 20.1 Å². The van der Waals surface area contributed by atoms with Crippen molar-refractivity contribution < 1.29 is 22.6 Å². The second kappa shape index (κ2) is 10.5. The number of aromatic nitrogens is 1. The molecule has 0 aliphatic rings. The van der Waals surface area contributed by atoms with Crippen molar-refractivity contribution in [1.82, 2.24) is 15.6 Å². The third-order valence-electron chi connectivity index (χ3n) is 3.84. The van der Waals surface area contributed by atoms with Gasteiger partial charge in [0, 0.05) is 38.0 Å². The molecule has 0 aliphatic heterocycles. The van der Waals surface area contributed by atoms with Crippen LogP contribution in [0.15, 0.2) is 41.5 Å². The van der Waals surface area contributed by atoms with E-state index in [1.165, 1.54) is 12.3 Å². The maximum Gasteiger partial charge on any atom is 0.422 e. The molecule has 0 aliphatic carbocycles. The molecular formula is C20H25F3N4O2. The van der Waals surface area contributed by atoms with E-state index in [2.05, 4.69) is 25.3 Å². The van der Waals surface area contributed by atoms with Crippen molar-refractivity contribution in [2.24, 2.45) is 4.99 Å². The van der Waals surface area contributed by atoms with Crippen molar-refractivity contribution in [1.29, 1.82) is 0 Å². The van der Waals surface area contributed by atoms with Crippen LogP contribution in [0.5, 0.6) is 11.6 Å². The summed E-state index contributed by atoms with van der Waals surface area (Å²) >= 11 is 0. The average molecular weight is 410 g/mol. The van der Waals surface area contributed by atoms with Crippen LogP contribution in [0.2, 0.25) is 0 Å². The molecule has 0 saturated carbocycles. The van der Waals surface area contributed by atoms with Gasteiger partial charge in [0.25, 0.3) is 0 Å². The first kappa shape index (κ1) is 22.3. The summed E-state index contributed by atoms with van der Waals surface area (Å²) in [6.45, 7) is 3.98. The zero-order chi connectivity index (χ0) is 21.3. The molecule has 29 heavy (non-hydrogen) atoms. The maximum atomic E-state index is 12.3. The number of halogens is 3. The van der Waals surface area contributed by atoms with Crippen molar-refractivity contribution in [2.45, 2.75) is 33.1 Å². The Hall–Kier alpha value is -2.97. The standard InChI is InChI=1S/C20H25F3N4O2/c1-4-28-17-9-14(2)5-6-16(17)12-27-19(24-3)26-11-15-7-8-25-18(10-15)29-13-20(21,22)23/h5-10H,4,11-13H2,1-3H3,(H2,24,26,27). The molecule has 158 valence electrons. The molecule has 0 spiro atoms. The highest BCUT2D eigenvalue weighted by Gasteiger charge is 2.28. The molecule has 0 radical (unpaired) electrons. The molecule has 1 heterocycles. The number of pyridine rings is 1. The van der Waals surface area contributed by atoms with Crippen molar-refractivity contribution in [3.05, 3.63) is 53.2 Å².